The van der Waals surface area contributed by atoms with Gasteiger partial charge in [0.05, 0.1) is 25.3 Å². The van der Waals surface area contributed by atoms with Crippen molar-refractivity contribution in [3.8, 4) is 5.75 Å². The molecule has 1 heterocycles. The van der Waals surface area contributed by atoms with Crippen molar-refractivity contribution < 1.29 is 18.3 Å². The number of aromatic nitrogens is 1. The highest BCUT2D eigenvalue weighted by molar-refractivity contribution is 9.10. The predicted octanol–water partition coefficient (Wildman–Crippen LogP) is 5.93. The molecule has 4 aromatic rings. The Morgan fingerprint density at radius 2 is 1.85 bits per heavy atom. The number of halogens is 3. The number of rotatable bonds is 7. The molecule has 33 heavy (non-hydrogen) atoms. The summed E-state index contributed by atoms with van der Waals surface area (Å²) < 4.78 is 33.5. The number of nitrogens with one attached hydrogen (secondary N) is 1. The summed E-state index contributed by atoms with van der Waals surface area (Å²) in [5, 5.41) is 4.92. The lowest BCUT2D eigenvalue weighted by atomic mass is 10.00. The number of carbonyl (C=O) groups excluding carboxylic acids is 1. The van der Waals surface area contributed by atoms with Gasteiger partial charge < -0.3 is 10.1 Å². The minimum absolute atomic E-state index is 0.128. The lowest BCUT2D eigenvalue weighted by Gasteiger charge is -2.20. The number of benzene rings is 3. The Morgan fingerprint density at radius 3 is 2.58 bits per heavy atom. The lowest BCUT2D eigenvalue weighted by Crippen LogP contribution is -2.32. The zero-order chi connectivity index (χ0) is 23.4. The summed E-state index contributed by atoms with van der Waals surface area (Å²) in [6, 6.07) is 17.8. The molecule has 1 unspecified atom stereocenters. The van der Waals surface area contributed by atoms with Crippen molar-refractivity contribution in [1.29, 1.82) is 0 Å². The highest BCUT2D eigenvalue weighted by Gasteiger charge is 2.20. The fraction of sp³-hybridized carbons (Fsp3) is 0.154. The van der Waals surface area contributed by atoms with Crippen LogP contribution in [0.2, 0.25) is 0 Å². The summed E-state index contributed by atoms with van der Waals surface area (Å²) >= 11 is 3.47. The average Bonchev–Trinajstić information content (AvgIpc) is 2.78. The molecule has 0 aliphatic heterocycles. The van der Waals surface area contributed by atoms with Crippen LogP contribution in [0.15, 0.2) is 77.4 Å². The molecule has 0 fully saturated rings. The summed E-state index contributed by atoms with van der Waals surface area (Å²) in [7, 11) is 1.60. The molecule has 7 heteroatoms. The van der Waals surface area contributed by atoms with Crippen molar-refractivity contribution in [3.63, 3.8) is 0 Å². The van der Waals surface area contributed by atoms with E-state index in [9.17, 15) is 13.6 Å². The van der Waals surface area contributed by atoms with E-state index in [1.54, 1.807) is 19.4 Å². The first-order chi connectivity index (χ1) is 15.9. The van der Waals surface area contributed by atoms with Crippen molar-refractivity contribution in [1.82, 2.24) is 10.3 Å². The maximum Gasteiger partial charge on any atom is 0.224 e. The van der Waals surface area contributed by atoms with E-state index in [1.807, 2.05) is 42.5 Å². The van der Waals surface area contributed by atoms with Gasteiger partial charge in [-0.25, -0.2) is 8.78 Å². The van der Waals surface area contributed by atoms with Gasteiger partial charge in [0.15, 0.2) is 0 Å². The maximum atomic E-state index is 13.8. The largest absolute Gasteiger partial charge is 0.497 e. The second-order valence-corrected chi connectivity index (χ2v) is 8.51. The molecule has 0 spiro atoms. The summed E-state index contributed by atoms with van der Waals surface area (Å²) in [5.74, 6) is -0.858. The van der Waals surface area contributed by atoms with Crippen molar-refractivity contribution in [3.05, 3.63) is 106 Å². The number of fused-ring (bicyclic) bond motifs is 1. The van der Waals surface area contributed by atoms with Crippen LogP contribution in [0.5, 0.6) is 5.75 Å². The minimum atomic E-state index is -0.667. The third-order valence-corrected chi connectivity index (χ3v) is 6.02. The van der Waals surface area contributed by atoms with Crippen LogP contribution in [0, 0.1) is 11.6 Å². The van der Waals surface area contributed by atoms with E-state index in [0.717, 1.165) is 22.4 Å². The highest BCUT2D eigenvalue weighted by Crippen LogP contribution is 2.27. The zero-order valence-corrected chi connectivity index (χ0v) is 19.4. The molecule has 0 saturated carbocycles. The summed E-state index contributed by atoms with van der Waals surface area (Å²) in [5.41, 5.74) is 1.85. The van der Waals surface area contributed by atoms with E-state index in [2.05, 4.69) is 26.2 Å². The van der Waals surface area contributed by atoms with Gasteiger partial charge in [-0.3, -0.25) is 9.78 Å². The number of pyridine rings is 1. The molecule has 3 aromatic carbocycles. The standard InChI is InChI=1S/C26H21BrF2N2O2/c1-33-21-8-7-17-4-2-5-18(22(17)15-21)13-25(32)31-24(26-23(27)6-3-9-30-26)12-16-10-19(28)14-20(29)11-16/h2-11,14-15,24H,12-13H2,1H3,(H,31,32). The Labute approximate surface area is 198 Å². The number of carbonyl (C=O) groups is 1. The average molecular weight is 511 g/mol. The molecule has 1 atom stereocenters. The smallest absolute Gasteiger partial charge is 0.224 e. The van der Waals surface area contributed by atoms with Gasteiger partial charge in [-0.2, -0.15) is 0 Å². The molecular formula is C26H21BrF2N2O2. The van der Waals surface area contributed by atoms with E-state index in [0.29, 0.717) is 21.5 Å². The number of ether oxygens (including phenoxy) is 1. The van der Waals surface area contributed by atoms with Crippen molar-refractivity contribution in [2.24, 2.45) is 0 Å². The first-order valence-electron chi connectivity index (χ1n) is 10.3. The van der Waals surface area contributed by atoms with Gasteiger partial charge in [0.1, 0.15) is 17.4 Å². The van der Waals surface area contributed by atoms with Gasteiger partial charge in [-0.05, 0) is 80.6 Å². The first-order valence-corrected chi connectivity index (χ1v) is 11.1. The predicted molar refractivity (Wildman–Crippen MR) is 127 cm³/mol. The maximum absolute atomic E-state index is 13.8. The molecule has 0 bridgehead atoms. The van der Waals surface area contributed by atoms with E-state index in [1.165, 1.54) is 12.1 Å². The normalized spacial score (nSPS) is 11.9. The SMILES string of the molecule is COc1ccc2cccc(CC(=O)NC(Cc3cc(F)cc(F)c3)c3ncccc3Br)c2c1. The lowest BCUT2D eigenvalue weighted by molar-refractivity contribution is -0.121. The van der Waals surface area contributed by atoms with Crippen LogP contribution in [-0.2, 0) is 17.6 Å². The third-order valence-electron chi connectivity index (χ3n) is 5.35. The number of amides is 1. The van der Waals surface area contributed by atoms with Gasteiger partial charge in [0.2, 0.25) is 5.91 Å². The summed E-state index contributed by atoms with van der Waals surface area (Å²) in [4.78, 5) is 17.5. The molecular weight excluding hydrogens is 490 g/mol. The Balaban J connectivity index is 1.62. The van der Waals surface area contributed by atoms with Crippen LogP contribution >= 0.6 is 15.9 Å². The molecule has 1 amide bonds. The molecule has 4 rings (SSSR count). The highest BCUT2D eigenvalue weighted by atomic mass is 79.9. The Kier molecular flexibility index (Phi) is 6.99. The fourth-order valence-electron chi connectivity index (χ4n) is 3.85. The molecule has 168 valence electrons. The first kappa shape index (κ1) is 22.9. The van der Waals surface area contributed by atoms with Gasteiger partial charge >= 0.3 is 0 Å². The second-order valence-electron chi connectivity index (χ2n) is 7.65. The number of nitrogens with zero attached hydrogens (tertiary/aromatic N) is 1. The third kappa shape index (κ3) is 5.54. The van der Waals surface area contributed by atoms with Crippen molar-refractivity contribution in [2.75, 3.05) is 7.11 Å². The Bertz CT molecular complexity index is 1290. The van der Waals surface area contributed by atoms with Crippen LogP contribution in [-0.4, -0.2) is 18.0 Å². The minimum Gasteiger partial charge on any atom is -0.497 e. The summed E-state index contributed by atoms with van der Waals surface area (Å²) in [6.07, 6.45) is 1.92. The van der Waals surface area contributed by atoms with E-state index < -0.39 is 17.7 Å². The fourth-order valence-corrected chi connectivity index (χ4v) is 4.38. The van der Waals surface area contributed by atoms with Crippen LogP contribution in [0.3, 0.4) is 0 Å². The topological polar surface area (TPSA) is 51.2 Å². The van der Waals surface area contributed by atoms with E-state index >= 15 is 0 Å². The number of hydrogen-bond acceptors (Lipinski definition) is 3. The summed E-state index contributed by atoms with van der Waals surface area (Å²) in [6.45, 7) is 0. The van der Waals surface area contributed by atoms with E-state index in [4.69, 9.17) is 4.74 Å². The van der Waals surface area contributed by atoms with E-state index in [-0.39, 0.29) is 18.7 Å². The molecule has 1 aromatic heterocycles. The quantitative estimate of drug-likeness (QED) is 0.335. The van der Waals surface area contributed by atoms with Crippen molar-refractivity contribution >= 4 is 32.6 Å². The van der Waals surface area contributed by atoms with Crippen LogP contribution in [0.1, 0.15) is 22.9 Å². The van der Waals surface area contributed by atoms with Gasteiger partial charge in [-0.1, -0.05) is 24.3 Å². The molecule has 0 saturated heterocycles. The Hall–Kier alpha value is -3.32. The molecule has 1 N–H and O–H groups in total. The zero-order valence-electron chi connectivity index (χ0n) is 17.8. The van der Waals surface area contributed by atoms with Crippen molar-refractivity contribution in [2.45, 2.75) is 18.9 Å². The Morgan fingerprint density at radius 1 is 1.06 bits per heavy atom. The number of methoxy groups -OCH3 is 1. The van der Waals surface area contributed by atoms with Crippen LogP contribution in [0.4, 0.5) is 8.78 Å². The number of hydrogen-bond donors (Lipinski definition) is 1. The van der Waals surface area contributed by atoms with Gasteiger partial charge in [-0.15, -0.1) is 0 Å². The molecule has 4 nitrogen and oxygen atoms in total. The van der Waals surface area contributed by atoms with Gasteiger partial charge in [0.25, 0.3) is 0 Å². The van der Waals surface area contributed by atoms with Crippen LogP contribution < -0.4 is 10.1 Å². The molecule has 0 aliphatic rings. The monoisotopic (exact) mass is 510 g/mol. The second kappa shape index (κ2) is 10.1. The molecule has 0 aliphatic carbocycles. The van der Waals surface area contributed by atoms with Crippen LogP contribution in [0.25, 0.3) is 10.8 Å². The van der Waals surface area contributed by atoms with Gasteiger partial charge in [0, 0.05) is 16.7 Å². The molecule has 0 radical (unpaired) electrons.